The molecule has 73 heavy (non-hydrogen) atoms. The Labute approximate surface area is 429 Å². The van der Waals surface area contributed by atoms with Gasteiger partial charge in [0.2, 0.25) is 23.6 Å². The van der Waals surface area contributed by atoms with Crippen molar-refractivity contribution in [2.75, 3.05) is 32.0 Å². The van der Waals surface area contributed by atoms with Crippen molar-refractivity contribution in [3.8, 4) is 38.8 Å². The molecule has 1 unspecified atom stereocenters. The van der Waals surface area contributed by atoms with E-state index >= 15 is 0 Å². The lowest BCUT2D eigenvalue weighted by molar-refractivity contribution is -0.144. The van der Waals surface area contributed by atoms with Gasteiger partial charge in [-0.15, -0.1) is 11.3 Å². The van der Waals surface area contributed by atoms with Gasteiger partial charge in [0.05, 0.1) is 33.9 Å². The Morgan fingerprint density at radius 2 is 1.67 bits per heavy atom. The van der Waals surface area contributed by atoms with Crippen LogP contribution in [-0.4, -0.2) is 91.4 Å². The van der Waals surface area contributed by atoms with Gasteiger partial charge in [0.25, 0.3) is 0 Å². The largest absolute Gasteiger partial charge is 0.383 e. The van der Waals surface area contributed by atoms with Crippen molar-refractivity contribution in [2.24, 2.45) is 11.1 Å². The molecule has 17 heteroatoms. The number of rotatable bonds is 18. The van der Waals surface area contributed by atoms with Crippen molar-refractivity contribution < 1.29 is 23.9 Å². The predicted octanol–water partition coefficient (Wildman–Crippen LogP) is 7.41. The number of benzene rings is 3. The normalized spacial score (nSPS) is 15.7. The minimum atomic E-state index is -0.885. The number of aromatic nitrogens is 5. The molecule has 0 bridgehead atoms. The zero-order valence-electron chi connectivity index (χ0n) is 41.8. The number of carbonyl (C=O) groups excluding carboxylic acids is 4. The van der Waals surface area contributed by atoms with Crippen LogP contribution in [0.1, 0.15) is 81.7 Å². The number of fused-ring (bicyclic) bond motifs is 1. The Morgan fingerprint density at radius 1 is 0.877 bits per heavy atom. The van der Waals surface area contributed by atoms with Crippen LogP contribution in [0.15, 0.2) is 109 Å². The van der Waals surface area contributed by atoms with E-state index in [1.54, 1.807) is 22.4 Å². The Morgan fingerprint density at radius 3 is 2.38 bits per heavy atom. The molecule has 7 N–H and O–H groups in total. The van der Waals surface area contributed by atoms with E-state index in [-0.39, 0.29) is 49.4 Å². The van der Waals surface area contributed by atoms with E-state index in [1.165, 1.54) is 0 Å². The molecule has 1 aliphatic carbocycles. The molecule has 2 aliphatic rings. The summed E-state index contributed by atoms with van der Waals surface area (Å²) in [6.45, 7) is 8.36. The predicted molar refractivity (Wildman–Crippen MR) is 284 cm³/mol. The number of hydrogen-bond donors (Lipinski definition) is 5. The van der Waals surface area contributed by atoms with E-state index in [0.29, 0.717) is 60.7 Å². The SMILES string of the molecule is Cc1ncsc1-c1ccc(CNC(=O)[C@@H]2CCCN2C(=O)C(NC(=O)COCCNC(=O)CCc2cccc(-c3ccc4nc(-c5cccnc5N)n(-c5ccc(C6(N)CCC6)cc5)c4n3)c2)C(C)(C)C)cc1. The summed E-state index contributed by atoms with van der Waals surface area (Å²) in [5.74, 6) is -0.153. The lowest BCUT2D eigenvalue weighted by Gasteiger charge is -2.38. The van der Waals surface area contributed by atoms with E-state index in [2.05, 4.69) is 50.2 Å². The van der Waals surface area contributed by atoms with Gasteiger partial charge in [0.1, 0.15) is 30.0 Å². The number of nitrogens with two attached hydrogens (primary N) is 2. The summed E-state index contributed by atoms with van der Waals surface area (Å²) in [4.78, 5) is 75.1. The van der Waals surface area contributed by atoms with Crippen LogP contribution in [-0.2, 0) is 42.4 Å². The topological polar surface area (TPSA) is 225 Å². The summed E-state index contributed by atoms with van der Waals surface area (Å²) in [7, 11) is 0. The van der Waals surface area contributed by atoms with E-state index in [4.69, 9.17) is 26.2 Å². The van der Waals surface area contributed by atoms with Gasteiger partial charge in [0.15, 0.2) is 11.5 Å². The van der Waals surface area contributed by atoms with Crippen molar-refractivity contribution in [2.45, 2.75) is 96.8 Å². The summed E-state index contributed by atoms with van der Waals surface area (Å²) in [5.41, 5.74) is 23.6. The first kappa shape index (κ1) is 50.6. The van der Waals surface area contributed by atoms with Crippen LogP contribution in [0.25, 0.3) is 49.9 Å². The highest BCUT2D eigenvalue weighted by atomic mass is 32.1. The average molecular weight is 1000 g/mol. The fraction of sp³-hybridized carbons (Fsp3) is 0.357. The third-order valence-corrected chi connectivity index (χ3v) is 14.9. The fourth-order valence-electron chi connectivity index (χ4n) is 9.58. The van der Waals surface area contributed by atoms with E-state index in [1.807, 2.05) is 111 Å². The second kappa shape index (κ2) is 21.8. The first-order valence-corrected chi connectivity index (χ1v) is 25.8. The molecule has 5 heterocycles. The van der Waals surface area contributed by atoms with E-state index in [9.17, 15) is 19.2 Å². The smallest absolute Gasteiger partial charge is 0.246 e. The number of nitrogens with one attached hydrogen (secondary N) is 3. The molecule has 2 fully saturated rings. The standard InChI is InChI=1S/C56H63N11O5S/c1-35-48(73-34-62-35)38-16-13-37(14-17-38)32-61-53(70)45-12-7-29-66(45)54(71)49(55(2,3)4)65-47(69)33-72-30-28-59-46(68)24-15-36-9-5-10-39(31-36)43-22-23-44-52(63-43)67(51(64-44)42-11-6-27-60-50(42)57)41-20-18-40(19-21-41)56(58)25-8-26-56/h5-6,9-11,13-14,16-23,27,31,34,45,49H,7-8,12,15,24-26,28-30,32-33,58H2,1-4H3,(H2,57,60)(H,59,68)(H,61,70)(H,65,69)/t45-,49?/m0/s1. The van der Waals surface area contributed by atoms with Crippen molar-refractivity contribution in [3.63, 3.8) is 0 Å². The molecule has 0 spiro atoms. The number of aryl methyl sites for hydroxylation is 2. The number of likely N-dealkylation sites (tertiary alicyclic amines) is 1. The highest BCUT2D eigenvalue weighted by Gasteiger charge is 2.42. The van der Waals surface area contributed by atoms with Crippen molar-refractivity contribution in [1.82, 2.24) is 45.4 Å². The molecule has 2 atom stereocenters. The number of thiazole rings is 1. The van der Waals surface area contributed by atoms with E-state index in [0.717, 1.165) is 69.0 Å². The third-order valence-electron chi connectivity index (χ3n) is 13.9. The number of anilines is 1. The molecular formula is C56H63N11O5S. The first-order valence-electron chi connectivity index (χ1n) is 25.0. The minimum Gasteiger partial charge on any atom is -0.383 e. The van der Waals surface area contributed by atoms with E-state index < -0.39 is 23.4 Å². The molecule has 4 aromatic heterocycles. The van der Waals surface area contributed by atoms with Gasteiger partial charge in [-0.3, -0.25) is 23.7 Å². The maximum atomic E-state index is 14.0. The van der Waals surface area contributed by atoms with Crippen LogP contribution >= 0.6 is 11.3 Å². The summed E-state index contributed by atoms with van der Waals surface area (Å²) >= 11 is 1.59. The van der Waals surface area contributed by atoms with Gasteiger partial charge >= 0.3 is 0 Å². The molecule has 1 saturated carbocycles. The molecule has 1 saturated heterocycles. The Bertz CT molecular complexity index is 3120. The van der Waals surface area contributed by atoms with Crippen molar-refractivity contribution in [1.29, 1.82) is 0 Å². The van der Waals surface area contributed by atoms with Gasteiger partial charge in [-0.2, -0.15) is 0 Å². The lowest BCUT2D eigenvalue weighted by atomic mass is 9.73. The second-order valence-corrected chi connectivity index (χ2v) is 21.0. The quantitative estimate of drug-likeness (QED) is 0.0533. The summed E-state index contributed by atoms with van der Waals surface area (Å²) in [6, 6.07) is 30.4. The zero-order valence-corrected chi connectivity index (χ0v) is 42.6. The van der Waals surface area contributed by atoms with Crippen LogP contribution < -0.4 is 27.4 Å². The van der Waals surface area contributed by atoms with Gasteiger partial charge in [-0.1, -0.05) is 75.4 Å². The highest BCUT2D eigenvalue weighted by Crippen LogP contribution is 2.40. The number of amides is 4. The van der Waals surface area contributed by atoms with Gasteiger partial charge in [-0.05, 0) is 116 Å². The molecule has 3 aromatic carbocycles. The molecule has 16 nitrogen and oxygen atoms in total. The molecule has 7 aromatic rings. The number of pyridine rings is 2. The maximum Gasteiger partial charge on any atom is 0.246 e. The van der Waals surface area contributed by atoms with Crippen molar-refractivity contribution >= 4 is 51.9 Å². The van der Waals surface area contributed by atoms with Crippen LogP contribution in [0.5, 0.6) is 0 Å². The van der Waals surface area contributed by atoms with Crippen LogP contribution in [0.2, 0.25) is 0 Å². The van der Waals surface area contributed by atoms with Gasteiger partial charge in [-0.25, -0.2) is 19.9 Å². The number of carbonyl (C=O) groups is 4. The first-order chi connectivity index (χ1) is 35.1. The van der Waals surface area contributed by atoms with Gasteiger partial charge < -0.3 is 37.1 Å². The molecule has 9 rings (SSSR count). The maximum absolute atomic E-state index is 14.0. The Kier molecular flexibility index (Phi) is 15.1. The number of imidazole rings is 1. The molecule has 0 radical (unpaired) electrons. The number of ether oxygens (including phenoxy) is 1. The number of nitrogen functional groups attached to an aromatic ring is 1. The summed E-state index contributed by atoms with van der Waals surface area (Å²) in [6.07, 6.45) is 6.66. The lowest BCUT2D eigenvalue weighted by Crippen LogP contribution is -2.58. The molecule has 4 amide bonds. The summed E-state index contributed by atoms with van der Waals surface area (Å²) < 4.78 is 7.65. The monoisotopic (exact) mass is 1000 g/mol. The zero-order chi connectivity index (χ0) is 51.3. The van der Waals surface area contributed by atoms with Crippen LogP contribution in [0.3, 0.4) is 0 Å². The Balaban J connectivity index is 0.751. The minimum absolute atomic E-state index is 0.0997. The van der Waals surface area contributed by atoms with Crippen molar-refractivity contribution in [3.05, 3.63) is 131 Å². The Hall–Kier alpha value is -7.34. The molecule has 1 aliphatic heterocycles. The van der Waals surface area contributed by atoms with Crippen LogP contribution in [0, 0.1) is 12.3 Å². The highest BCUT2D eigenvalue weighted by molar-refractivity contribution is 7.13. The third kappa shape index (κ3) is 11.5. The fourth-order valence-corrected chi connectivity index (χ4v) is 10.4. The average Bonchev–Trinajstić information content (AvgIpc) is 4.15. The second-order valence-electron chi connectivity index (χ2n) is 20.1. The summed E-state index contributed by atoms with van der Waals surface area (Å²) in [5, 5.41) is 8.76. The van der Waals surface area contributed by atoms with Gasteiger partial charge in [0, 0.05) is 49.0 Å². The molecule has 378 valence electrons. The number of nitrogens with zero attached hydrogens (tertiary/aromatic N) is 6. The van der Waals surface area contributed by atoms with Crippen LogP contribution in [0.4, 0.5) is 5.82 Å². The number of hydrogen-bond acceptors (Lipinski definition) is 12. The molecular weight excluding hydrogens is 939 g/mol.